The van der Waals surface area contributed by atoms with E-state index in [0.717, 1.165) is 0 Å². The number of allylic oxidation sites excluding steroid dienone is 1. The maximum Gasteiger partial charge on any atom is 0.327 e. The molecule has 2 nitrogen and oxygen atoms in total. The molecule has 0 fully saturated rings. The first-order valence-electron chi connectivity index (χ1n) is 2.45. The zero-order chi connectivity index (χ0) is 6.95. The van der Waals surface area contributed by atoms with Crippen LogP contribution in [0.2, 0.25) is 0 Å². The second-order valence-corrected chi connectivity index (χ2v) is 1.66. The van der Waals surface area contributed by atoms with Gasteiger partial charge in [-0.3, -0.25) is 4.52 Å². The van der Waals surface area contributed by atoms with Crippen molar-refractivity contribution in [3.05, 3.63) is 12.2 Å². The Morgan fingerprint density at radius 1 is 1.67 bits per heavy atom. The molecule has 0 aliphatic carbocycles. The van der Waals surface area contributed by atoms with Crippen molar-refractivity contribution >= 4 is 8.69 Å². The van der Waals surface area contributed by atoms with Crippen LogP contribution in [-0.4, -0.2) is 6.61 Å². The first-order chi connectivity index (χ1) is 4.41. The van der Waals surface area contributed by atoms with Crippen LogP contribution in [0, 0.1) is 12.3 Å². The van der Waals surface area contributed by atoms with E-state index < -0.39 is 0 Å². The normalized spacial score (nSPS) is 10.1. The Bertz CT molecular complexity index is 134. The van der Waals surface area contributed by atoms with Gasteiger partial charge in [0.05, 0.1) is 6.61 Å². The summed E-state index contributed by atoms with van der Waals surface area (Å²) in [4.78, 5) is 0. The fourth-order valence-electron chi connectivity index (χ4n) is 0.293. The molecule has 48 valence electrons. The summed E-state index contributed by atoms with van der Waals surface area (Å²) in [7, 11) is -0.288. The molecular formula is C6H7O2P. The van der Waals surface area contributed by atoms with Gasteiger partial charge in [0, 0.05) is 6.42 Å². The molecule has 0 N–H and O–H groups in total. The predicted octanol–water partition coefficient (Wildman–Crippen LogP) is 1.79. The van der Waals surface area contributed by atoms with Gasteiger partial charge in [-0.05, 0) is 0 Å². The van der Waals surface area contributed by atoms with Crippen LogP contribution in [-0.2, 0) is 9.09 Å². The fraction of sp³-hybridized carbons (Fsp3) is 0.333. The third-order valence-corrected chi connectivity index (χ3v) is 0.880. The van der Waals surface area contributed by atoms with E-state index in [1.54, 1.807) is 12.2 Å². The Kier molecular flexibility index (Phi) is 6.84. The minimum Gasteiger partial charge on any atom is -0.290 e. The van der Waals surface area contributed by atoms with Crippen molar-refractivity contribution in [2.75, 3.05) is 6.61 Å². The van der Waals surface area contributed by atoms with Crippen molar-refractivity contribution in [1.82, 2.24) is 0 Å². The van der Waals surface area contributed by atoms with E-state index in [2.05, 4.69) is 10.4 Å². The van der Waals surface area contributed by atoms with E-state index >= 15 is 0 Å². The van der Waals surface area contributed by atoms with Crippen molar-refractivity contribution < 1.29 is 9.09 Å². The van der Waals surface area contributed by atoms with E-state index in [9.17, 15) is 4.57 Å². The molecule has 0 aliphatic rings. The molecule has 0 saturated heterocycles. The van der Waals surface area contributed by atoms with Gasteiger partial charge < -0.3 is 0 Å². The van der Waals surface area contributed by atoms with Crippen LogP contribution < -0.4 is 0 Å². The van der Waals surface area contributed by atoms with Crippen LogP contribution in [0.15, 0.2) is 12.2 Å². The van der Waals surface area contributed by atoms with Crippen LogP contribution in [0.25, 0.3) is 0 Å². The Hall–Kier alpha value is -0.640. The van der Waals surface area contributed by atoms with Crippen LogP contribution in [0.5, 0.6) is 0 Å². The second-order valence-electron chi connectivity index (χ2n) is 1.25. The summed E-state index contributed by atoms with van der Waals surface area (Å²) >= 11 is 0. The summed E-state index contributed by atoms with van der Waals surface area (Å²) < 4.78 is 14.1. The molecule has 0 aromatic rings. The number of terminal acetylenes is 1. The van der Waals surface area contributed by atoms with Gasteiger partial charge in [-0.1, -0.05) is 12.2 Å². The molecule has 0 unspecified atom stereocenters. The smallest absolute Gasteiger partial charge is 0.290 e. The lowest BCUT2D eigenvalue weighted by Gasteiger charge is -1.81. The zero-order valence-corrected chi connectivity index (χ0v) is 5.80. The summed E-state index contributed by atoms with van der Waals surface area (Å²) in [5, 5.41) is 0. The first kappa shape index (κ1) is 8.36. The van der Waals surface area contributed by atoms with E-state index in [-0.39, 0.29) is 8.69 Å². The highest BCUT2D eigenvalue weighted by molar-refractivity contribution is 7.17. The van der Waals surface area contributed by atoms with Gasteiger partial charge in [-0.2, -0.15) is 0 Å². The van der Waals surface area contributed by atoms with Gasteiger partial charge in [-0.15, -0.1) is 12.3 Å². The van der Waals surface area contributed by atoms with Crippen molar-refractivity contribution in [1.29, 1.82) is 0 Å². The van der Waals surface area contributed by atoms with Crippen molar-refractivity contribution in [2.45, 2.75) is 6.42 Å². The summed E-state index contributed by atoms with van der Waals surface area (Å²) in [6.45, 7) is 0.354. The van der Waals surface area contributed by atoms with Gasteiger partial charge in [0.15, 0.2) is 0 Å². The summed E-state index contributed by atoms with van der Waals surface area (Å²) in [6.07, 6.45) is 9.04. The summed E-state index contributed by atoms with van der Waals surface area (Å²) in [6, 6.07) is 0. The lowest BCUT2D eigenvalue weighted by atomic mass is 10.4. The number of hydrogen-bond acceptors (Lipinski definition) is 2. The van der Waals surface area contributed by atoms with Gasteiger partial charge in [0.25, 0.3) is 0 Å². The lowest BCUT2D eigenvalue weighted by molar-refractivity contribution is 0.387. The van der Waals surface area contributed by atoms with Crippen LogP contribution in [0.3, 0.4) is 0 Å². The third kappa shape index (κ3) is 7.36. The minimum atomic E-state index is -0.288. The zero-order valence-electron chi connectivity index (χ0n) is 4.91. The summed E-state index contributed by atoms with van der Waals surface area (Å²) in [5.41, 5.74) is 0. The molecule has 0 amide bonds. The summed E-state index contributed by atoms with van der Waals surface area (Å²) in [5.74, 6) is 2.42. The monoisotopic (exact) mass is 142 g/mol. The Labute approximate surface area is 56.2 Å². The molecule has 0 heterocycles. The quantitative estimate of drug-likeness (QED) is 0.259. The molecule has 0 spiro atoms. The van der Waals surface area contributed by atoms with Gasteiger partial charge in [0.2, 0.25) is 0 Å². The lowest BCUT2D eigenvalue weighted by Crippen LogP contribution is -1.73. The Balaban J connectivity index is 3.06. The third-order valence-electron chi connectivity index (χ3n) is 0.626. The van der Waals surface area contributed by atoms with Crippen molar-refractivity contribution in [3.8, 4) is 12.3 Å². The number of rotatable bonds is 4. The standard InChI is InChI=1S/C6H7O2P/c1-2-3-4-5-6-8-9-7/h1,4-5H,3,6H2. The molecule has 0 radical (unpaired) electrons. The van der Waals surface area contributed by atoms with Crippen molar-refractivity contribution in [2.24, 2.45) is 0 Å². The van der Waals surface area contributed by atoms with Gasteiger partial charge in [-0.25, -0.2) is 4.57 Å². The maximum absolute atomic E-state index is 9.64. The molecule has 0 rings (SSSR count). The minimum absolute atomic E-state index is 0.288. The highest BCUT2D eigenvalue weighted by atomic mass is 31.1. The van der Waals surface area contributed by atoms with E-state index in [1.165, 1.54) is 0 Å². The molecule has 0 saturated carbocycles. The highest BCUT2D eigenvalue weighted by Gasteiger charge is 1.74. The Morgan fingerprint density at radius 2 is 2.44 bits per heavy atom. The first-order valence-corrected chi connectivity index (χ1v) is 3.18. The Morgan fingerprint density at radius 3 is 3.00 bits per heavy atom. The topological polar surface area (TPSA) is 26.3 Å². The fourth-order valence-corrected chi connectivity index (χ4v) is 0.440. The molecule has 0 aromatic carbocycles. The molecule has 3 heteroatoms. The molecule has 0 atom stereocenters. The largest absolute Gasteiger partial charge is 0.327 e. The SMILES string of the molecule is C#CCC=CCOP=O. The molecular weight excluding hydrogens is 135 g/mol. The number of hydrogen-bond donors (Lipinski definition) is 0. The van der Waals surface area contributed by atoms with Gasteiger partial charge >= 0.3 is 8.69 Å². The second kappa shape index (κ2) is 7.36. The maximum atomic E-state index is 9.64. The van der Waals surface area contributed by atoms with Crippen LogP contribution in [0.4, 0.5) is 0 Å². The molecule has 0 bridgehead atoms. The average Bonchev–Trinajstić information content (AvgIpc) is 1.89. The van der Waals surface area contributed by atoms with Gasteiger partial charge in [0.1, 0.15) is 0 Å². The van der Waals surface area contributed by atoms with Crippen LogP contribution >= 0.6 is 8.69 Å². The van der Waals surface area contributed by atoms with E-state index in [1.807, 2.05) is 0 Å². The van der Waals surface area contributed by atoms with E-state index in [4.69, 9.17) is 6.42 Å². The highest BCUT2D eigenvalue weighted by Crippen LogP contribution is 1.92. The van der Waals surface area contributed by atoms with Crippen molar-refractivity contribution in [3.63, 3.8) is 0 Å². The molecule has 9 heavy (non-hydrogen) atoms. The van der Waals surface area contributed by atoms with Crippen LogP contribution in [0.1, 0.15) is 6.42 Å². The molecule has 0 aromatic heterocycles. The van der Waals surface area contributed by atoms with E-state index in [0.29, 0.717) is 13.0 Å². The average molecular weight is 142 g/mol. The molecule has 0 aliphatic heterocycles. The predicted molar refractivity (Wildman–Crippen MR) is 36.1 cm³/mol.